The molecule has 2 bridgehead atoms. The Hall–Kier alpha value is -3.80. The van der Waals surface area contributed by atoms with Crippen LogP contribution in [0.5, 0.6) is 5.88 Å². The lowest BCUT2D eigenvalue weighted by atomic mass is 9.92. The summed E-state index contributed by atoms with van der Waals surface area (Å²) < 4.78 is 17.7. The van der Waals surface area contributed by atoms with Crippen LogP contribution >= 0.6 is 0 Å². The topological polar surface area (TPSA) is 147 Å². The lowest BCUT2D eigenvalue weighted by molar-refractivity contribution is -0.0928. The highest BCUT2D eigenvalue weighted by Crippen LogP contribution is 2.33. The first-order valence-corrected chi connectivity index (χ1v) is 12.7. The number of piperidine rings is 1. The zero-order valence-corrected chi connectivity index (χ0v) is 22.5. The standard InChI is InChI=1S/C26H36N8O4/c1-16-23(33-21-6-7-22(32-17(21)2)29-14-28-13-27)30-15-31-24(16)38-20-8-18-10-36-11-19(9-20)34(18)25(35)37-12-26(3,4)5/h6-7,13-15,18-20H,8-12H2,1-5H3,(H,30,31,33)(H2,27,28,29,32). The average Bonchev–Trinajstić information content (AvgIpc) is 2.85. The summed E-state index contributed by atoms with van der Waals surface area (Å²) >= 11 is 0. The van der Waals surface area contributed by atoms with Gasteiger partial charge < -0.3 is 24.8 Å². The first-order valence-electron chi connectivity index (χ1n) is 12.7. The molecule has 2 aliphatic heterocycles. The van der Waals surface area contributed by atoms with E-state index in [0.717, 1.165) is 23.3 Å². The fraction of sp³-hybridized carbons (Fsp3) is 0.538. The molecule has 2 fully saturated rings. The number of hydrogen-bond acceptors (Lipinski definition) is 9. The second-order valence-corrected chi connectivity index (χ2v) is 10.7. The van der Waals surface area contributed by atoms with Gasteiger partial charge >= 0.3 is 6.09 Å². The zero-order valence-electron chi connectivity index (χ0n) is 22.5. The maximum absolute atomic E-state index is 12.9. The highest BCUT2D eigenvalue weighted by atomic mass is 16.6. The number of anilines is 3. The molecule has 12 nitrogen and oxygen atoms in total. The number of rotatable bonds is 8. The molecule has 2 saturated heterocycles. The summed E-state index contributed by atoms with van der Waals surface area (Å²) in [6, 6.07) is 3.48. The van der Waals surface area contributed by atoms with Gasteiger partial charge in [-0.15, -0.1) is 0 Å². The molecule has 1 amide bonds. The molecular weight excluding hydrogens is 488 g/mol. The van der Waals surface area contributed by atoms with Gasteiger partial charge in [-0.2, -0.15) is 0 Å². The Bertz CT molecular complexity index is 1170. The number of pyridine rings is 1. The second kappa shape index (κ2) is 11.7. The van der Waals surface area contributed by atoms with Gasteiger partial charge in [-0.05, 0) is 31.4 Å². The van der Waals surface area contributed by atoms with Crippen LogP contribution in [0.3, 0.4) is 0 Å². The predicted molar refractivity (Wildman–Crippen MR) is 145 cm³/mol. The van der Waals surface area contributed by atoms with Crippen LogP contribution in [0.2, 0.25) is 0 Å². The summed E-state index contributed by atoms with van der Waals surface area (Å²) in [5.74, 6) is 1.74. The summed E-state index contributed by atoms with van der Waals surface area (Å²) in [6.45, 7) is 11.2. The molecule has 12 heteroatoms. The first kappa shape index (κ1) is 27.2. The molecule has 0 aliphatic carbocycles. The Morgan fingerprint density at radius 2 is 1.97 bits per heavy atom. The molecule has 204 valence electrons. The molecule has 2 aromatic rings. The van der Waals surface area contributed by atoms with Crippen LogP contribution in [-0.2, 0) is 9.47 Å². The monoisotopic (exact) mass is 524 g/mol. The molecule has 0 saturated carbocycles. The van der Waals surface area contributed by atoms with Gasteiger partial charge in [-0.25, -0.2) is 24.7 Å². The van der Waals surface area contributed by atoms with E-state index in [1.165, 1.54) is 12.7 Å². The van der Waals surface area contributed by atoms with Gasteiger partial charge in [0.05, 0.1) is 55.2 Å². The van der Waals surface area contributed by atoms with Crippen LogP contribution in [0.4, 0.5) is 22.1 Å². The Balaban J connectivity index is 1.42. The summed E-state index contributed by atoms with van der Waals surface area (Å²) in [7, 11) is 0. The van der Waals surface area contributed by atoms with Crippen molar-refractivity contribution in [2.45, 2.75) is 65.6 Å². The number of carbonyl (C=O) groups excluding carboxylic acids is 1. The number of nitrogens with zero attached hydrogens (tertiary/aromatic N) is 5. The normalized spacial score (nSPS) is 21.2. The predicted octanol–water partition coefficient (Wildman–Crippen LogP) is 4.07. The SMILES string of the molecule is Cc1nc(N/C=N\C=N)ccc1Nc1ncnc(OC2CC3COCC(C2)N3C(=O)OCC(C)(C)C)c1C. The van der Waals surface area contributed by atoms with Crippen LogP contribution in [0.25, 0.3) is 0 Å². The number of morpholine rings is 1. The number of amides is 1. The Labute approximate surface area is 222 Å². The van der Waals surface area contributed by atoms with Crippen molar-refractivity contribution in [3.8, 4) is 5.88 Å². The molecule has 0 aromatic carbocycles. The van der Waals surface area contributed by atoms with Crippen LogP contribution in [0.1, 0.15) is 44.9 Å². The number of nitrogens with one attached hydrogen (secondary N) is 3. The van der Waals surface area contributed by atoms with Crippen molar-refractivity contribution in [1.82, 2.24) is 19.9 Å². The van der Waals surface area contributed by atoms with E-state index in [0.29, 0.717) is 50.2 Å². The van der Waals surface area contributed by atoms with Crippen molar-refractivity contribution in [2.75, 3.05) is 30.5 Å². The van der Waals surface area contributed by atoms with Gasteiger partial charge in [0, 0.05) is 12.8 Å². The molecule has 2 aliphatic rings. The highest BCUT2D eigenvalue weighted by molar-refractivity contribution is 5.80. The third-order valence-electron chi connectivity index (χ3n) is 6.33. The Kier molecular flexibility index (Phi) is 8.40. The molecule has 4 rings (SSSR count). The molecular formula is C26H36N8O4. The highest BCUT2D eigenvalue weighted by Gasteiger charge is 2.43. The van der Waals surface area contributed by atoms with Crippen molar-refractivity contribution in [1.29, 1.82) is 5.41 Å². The van der Waals surface area contributed by atoms with Gasteiger partial charge in [-0.1, -0.05) is 20.8 Å². The molecule has 38 heavy (non-hydrogen) atoms. The molecule has 3 N–H and O–H groups in total. The van der Waals surface area contributed by atoms with E-state index in [1.807, 2.05) is 45.6 Å². The van der Waals surface area contributed by atoms with Crippen LogP contribution in [-0.4, -0.2) is 76.6 Å². The van der Waals surface area contributed by atoms with Crippen LogP contribution < -0.4 is 15.4 Å². The van der Waals surface area contributed by atoms with Crippen molar-refractivity contribution < 1.29 is 19.0 Å². The minimum Gasteiger partial charge on any atom is -0.474 e. The number of aliphatic imine (C=N–C) groups is 1. The third kappa shape index (κ3) is 6.74. The van der Waals surface area contributed by atoms with E-state index < -0.39 is 0 Å². The third-order valence-corrected chi connectivity index (χ3v) is 6.33. The van der Waals surface area contributed by atoms with Gasteiger partial charge in [0.1, 0.15) is 30.4 Å². The molecule has 2 aromatic heterocycles. The van der Waals surface area contributed by atoms with Gasteiger partial charge in [0.2, 0.25) is 5.88 Å². The van der Waals surface area contributed by atoms with E-state index in [-0.39, 0.29) is 29.7 Å². The molecule has 2 unspecified atom stereocenters. The zero-order chi connectivity index (χ0) is 27.3. The number of carbonyl (C=O) groups is 1. The van der Waals surface area contributed by atoms with Crippen LogP contribution in [0.15, 0.2) is 23.5 Å². The quantitative estimate of drug-likeness (QED) is 0.343. The second-order valence-electron chi connectivity index (χ2n) is 10.7. The van der Waals surface area contributed by atoms with E-state index in [2.05, 4.69) is 30.6 Å². The maximum atomic E-state index is 12.9. The van der Waals surface area contributed by atoms with Crippen molar-refractivity contribution in [3.63, 3.8) is 0 Å². The molecule has 2 atom stereocenters. The van der Waals surface area contributed by atoms with E-state index in [4.69, 9.17) is 19.6 Å². The van der Waals surface area contributed by atoms with Crippen LogP contribution in [0, 0.1) is 24.7 Å². The van der Waals surface area contributed by atoms with Gasteiger partial charge in [0.15, 0.2) is 0 Å². The summed E-state index contributed by atoms with van der Waals surface area (Å²) in [5, 5.41) is 13.2. The number of aryl methyl sites for hydroxylation is 1. The van der Waals surface area contributed by atoms with Crippen molar-refractivity contribution >= 4 is 36.1 Å². The molecule has 0 spiro atoms. The van der Waals surface area contributed by atoms with E-state index in [9.17, 15) is 4.79 Å². The lowest BCUT2D eigenvalue weighted by Crippen LogP contribution is -2.61. The minimum atomic E-state index is -0.284. The maximum Gasteiger partial charge on any atom is 0.410 e. The minimum absolute atomic E-state index is 0.0947. The van der Waals surface area contributed by atoms with Crippen molar-refractivity contribution in [2.24, 2.45) is 10.4 Å². The molecule has 4 heterocycles. The Morgan fingerprint density at radius 1 is 1.24 bits per heavy atom. The lowest BCUT2D eigenvalue weighted by Gasteiger charge is -2.47. The number of aromatic nitrogens is 3. The number of ether oxygens (including phenoxy) is 3. The molecule has 0 radical (unpaired) electrons. The van der Waals surface area contributed by atoms with E-state index in [1.54, 1.807) is 6.07 Å². The largest absolute Gasteiger partial charge is 0.474 e. The summed E-state index contributed by atoms with van der Waals surface area (Å²) in [4.78, 5) is 31.7. The van der Waals surface area contributed by atoms with Crippen molar-refractivity contribution in [3.05, 3.63) is 29.7 Å². The fourth-order valence-electron chi connectivity index (χ4n) is 4.49. The summed E-state index contributed by atoms with van der Waals surface area (Å²) in [5.41, 5.74) is 2.24. The number of fused-ring (bicyclic) bond motifs is 2. The average molecular weight is 525 g/mol. The Morgan fingerprint density at radius 3 is 2.63 bits per heavy atom. The smallest absolute Gasteiger partial charge is 0.410 e. The first-order chi connectivity index (χ1) is 18.1. The number of hydrogen-bond donors (Lipinski definition) is 3. The van der Waals surface area contributed by atoms with Gasteiger partial charge in [0.25, 0.3) is 0 Å². The van der Waals surface area contributed by atoms with E-state index >= 15 is 0 Å². The fourth-order valence-corrected chi connectivity index (χ4v) is 4.49. The van der Waals surface area contributed by atoms with Gasteiger partial charge in [-0.3, -0.25) is 10.3 Å². The summed E-state index contributed by atoms with van der Waals surface area (Å²) in [6.07, 6.45) is 4.68.